The highest BCUT2D eigenvalue weighted by Gasteiger charge is 2.34. The van der Waals surface area contributed by atoms with Crippen molar-refractivity contribution in [1.29, 1.82) is 0 Å². The van der Waals surface area contributed by atoms with Gasteiger partial charge in [0.25, 0.3) is 5.91 Å². The van der Waals surface area contributed by atoms with Gasteiger partial charge in [0.1, 0.15) is 5.54 Å². The van der Waals surface area contributed by atoms with Gasteiger partial charge in [-0.25, -0.2) is 0 Å². The number of terminal acetylenes is 1. The Morgan fingerprint density at radius 1 is 1.41 bits per heavy atom. The molecule has 1 aromatic rings. The lowest BCUT2D eigenvalue weighted by Crippen LogP contribution is -2.49. The number of fused-ring (bicyclic) bond motifs is 1. The van der Waals surface area contributed by atoms with Gasteiger partial charge in [0.05, 0.1) is 17.2 Å². The third-order valence-electron chi connectivity index (χ3n) is 4.47. The highest BCUT2D eigenvalue weighted by Crippen LogP contribution is 2.29. The first kappa shape index (κ1) is 15.4. The molecule has 22 heavy (non-hydrogen) atoms. The van der Waals surface area contributed by atoms with E-state index in [9.17, 15) is 9.82 Å². The van der Waals surface area contributed by atoms with E-state index in [1.807, 2.05) is 0 Å². The second kappa shape index (κ2) is 5.96. The number of nitrogens with one attached hydrogen (secondary N) is 1. The molecule has 1 heterocycles. The van der Waals surface area contributed by atoms with Crippen LogP contribution in [-0.4, -0.2) is 23.6 Å². The third kappa shape index (κ3) is 2.75. The molecule has 0 bridgehead atoms. The van der Waals surface area contributed by atoms with Crippen molar-refractivity contribution in [2.75, 3.05) is 0 Å². The van der Waals surface area contributed by atoms with E-state index in [1.54, 1.807) is 12.1 Å². The van der Waals surface area contributed by atoms with Crippen LogP contribution in [0.3, 0.4) is 0 Å². The van der Waals surface area contributed by atoms with E-state index in [2.05, 4.69) is 11.2 Å². The first-order chi connectivity index (χ1) is 10.5. The lowest BCUT2D eigenvalue weighted by atomic mass is 9.78. The Morgan fingerprint density at radius 2 is 2.14 bits per heavy atom. The van der Waals surface area contributed by atoms with Gasteiger partial charge in [0.15, 0.2) is 0 Å². The second-order valence-corrected chi connectivity index (χ2v) is 6.34. The standard InChI is InChI=1S/C16H17BClNO3/c1-2-16(6-4-3-5-7-16)19-15(20)12-9-13-11(8-14(12)18)10-22-17(13)21/h1,8-9,21H,3-7,10H2,(H,19,20). The van der Waals surface area contributed by atoms with Gasteiger partial charge < -0.3 is 15.0 Å². The molecule has 3 rings (SSSR count). The van der Waals surface area contributed by atoms with Gasteiger partial charge in [-0.3, -0.25) is 4.79 Å². The van der Waals surface area contributed by atoms with Crippen molar-refractivity contribution in [3.63, 3.8) is 0 Å². The number of benzene rings is 1. The summed E-state index contributed by atoms with van der Waals surface area (Å²) < 4.78 is 5.14. The van der Waals surface area contributed by atoms with Gasteiger partial charge in [-0.15, -0.1) is 6.42 Å². The summed E-state index contributed by atoms with van der Waals surface area (Å²) in [5.74, 6) is 2.45. The molecule has 0 atom stereocenters. The maximum Gasteiger partial charge on any atom is 0.491 e. The minimum atomic E-state index is -1.00. The number of rotatable bonds is 2. The summed E-state index contributed by atoms with van der Waals surface area (Å²) in [5.41, 5.74) is 1.13. The van der Waals surface area contributed by atoms with Crippen LogP contribution >= 0.6 is 11.6 Å². The van der Waals surface area contributed by atoms with Crippen LogP contribution in [0.15, 0.2) is 12.1 Å². The molecule has 1 amide bonds. The van der Waals surface area contributed by atoms with Crippen LogP contribution in [0.1, 0.15) is 48.0 Å². The number of carbonyl (C=O) groups excluding carboxylic acids is 1. The van der Waals surface area contributed by atoms with Crippen molar-refractivity contribution in [2.24, 2.45) is 0 Å². The van der Waals surface area contributed by atoms with Crippen molar-refractivity contribution >= 4 is 30.1 Å². The number of amides is 1. The van der Waals surface area contributed by atoms with Crippen molar-refractivity contribution < 1.29 is 14.5 Å². The summed E-state index contributed by atoms with van der Waals surface area (Å²) in [6.45, 7) is 0.298. The largest absolute Gasteiger partial charge is 0.491 e. The highest BCUT2D eigenvalue weighted by atomic mass is 35.5. The first-order valence-electron chi connectivity index (χ1n) is 7.47. The number of hydrogen-bond acceptors (Lipinski definition) is 3. The molecule has 0 spiro atoms. The molecule has 2 aliphatic rings. The SMILES string of the molecule is C#CC1(NC(=O)c2cc3c(cc2Cl)COB3O)CCCCC1. The van der Waals surface area contributed by atoms with E-state index in [0.717, 1.165) is 37.7 Å². The Hall–Kier alpha value is -1.48. The van der Waals surface area contributed by atoms with Crippen LogP contribution in [-0.2, 0) is 11.3 Å². The van der Waals surface area contributed by atoms with E-state index in [4.69, 9.17) is 22.7 Å². The molecule has 4 nitrogen and oxygen atoms in total. The normalized spacial score (nSPS) is 19.4. The smallest absolute Gasteiger partial charge is 0.423 e. The van der Waals surface area contributed by atoms with Crippen molar-refractivity contribution in [1.82, 2.24) is 5.32 Å². The highest BCUT2D eigenvalue weighted by molar-refractivity contribution is 6.61. The zero-order chi connectivity index (χ0) is 15.7. The van der Waals surface area contributed by atoms with Gasteiger partial charge in [0, 0.05) is 0 Å². The fraction of sp³-hybridized carbons (Fsp3) is 0.438. The Balaban J connectivity index is 1.86. The van der Waals surface area contributed by atoms with Crippen LogP contribution in [0.25, 0.3) is 0 Å². The summed E-state index contributed by atoms with van der Waals surface area (Å²) in [5, 5.41) is 13.1. The molecule has 1 aliphatic heterocycles. The Morgan fingerprint density at radius 3 is 2.82 bits per heavy atom. The van der Waals surface area contributed by atoms with Crippen LogP contribution in [0.2, 0.25) is 5.02 Å². The van der Waals surface area contributed by atoms with E-state index in [1.165, 1.54) is 0 Å². The van der Waals surface area contributed by atoms with Crippen LogP contribution in [0.4, 0.5) is 0 Å². The van der Waals surface area contributed by atoms with E-state index in [0.29, 0.717) is 22.7 Å². The third-order valence-corrected chi connectivity index (χ3v) is 4.79. The van der Waals surface area contributed by atoms with E-state index >= 15 is 0 Å². The van der Waals surface area contributed by atoms with Crippen LogP contribution in [0, 0.1) is 12.3 Å². The van der Waals surface area contributed by atoms with E-state index < -0.39 is 12.7 Å². The Bertz CT molecular complexity index is 650. The summed E-state index contributed by atoms with van der Waals surface area (Å²) in [4.78, 5) is 12.6. The molecule has 0 radical (unpaired) electrons. The maximum absolute atomic E-state index is 12.6. The predicted octanol–water partition coefficient (Wildman–Crippen LogP) is 1.62. The molecule has 114 valence electrons. The Kier molecular flexibility index (Phi) is 4.18. The minimum Gasteiger partial charge on any atom is -0.423 e. The van der Waals surface area contributed by atoms with Gasteiger partial charge >= 0.3 is 7.12 Å². The molecule has 1 aliphatic carbocycles. The van der Waals surface area contributed by atoms with Crippen LogP contribution in [0.5, 0.6) is 0 Å². The summed E-state index contributed by atoms with van der Waals surface area (Å²) in [6, 6.07) is 3.27. The van der Waals surface area contributed by atoms with Gasteiger partial charge in [-0.05, 0) is 36.0 Å². The first-order valence-corrected chi connectivity index (χ1v) is 7.85. The zero-order valence-corrected chi connectivity index (χ0v) is 12.9. The molecule has 0 saturated heterocycles. The van der Waals surface area contributed by atoms with Gasteiger partial charge in [0.2, 0.25) is 0 Å². The second-order valence-electron chi connectivity index (χ2n) is 5.94. The molecule has 1 saturated carbocycles. The molecular weight excluding hydrogens is 300 g/mol. The fourth-order valence-electron chi connectivity index (χ4n) is 3.16. The number of carbonyl (C=O) groups is 1. The minimum absolute atomic E-state index is 0.298. The number of hydrogen-bond donors (Lipinski definition) is 2. The predicted molar refractivity (Wildman–Crippen MR) is 86.0 cm³/mol. The zero-order valence-electron chi connectivity index (χ0n) is 12.2. The van der Waals surface area contributed by atoms with Crippen molar-refractivity contribution in [2.45, 2.75) is 44.2 Å². The average Bonchev–Trinajstić information content (AvgIpc) is 2.87. The molecular formula is C16H17BClNO3. The van der Waals surface area contributed by atoms with Crippen molar-refractivity contribution in [3.05, 3.63) is 28.3 Å². The van der Waals surface area contributed by atoms with Gasteiger partial charge in [-0.2, -0.15) is 0 Å². The summed E-state index contributed by atoms with van der Waals surface area (Å²) in [7, 11) is -1.00. The summed E-state index contributed by atoms with van der Waals surface area (Å²) in [6.07, 6.45) is 10.4. The quantitative estimate of drug-likeness (QED) is 0.644. The Labute approximate surface area is 135 Å². The molecule has 2 N–H and O–H groups in total. The summed E-state index contributed by atoms with van der Waals surface area (Å²) >= 11 is 6.21. The average molecular weight is 318 g/mol. The topological polar surface area (TPSA) is 58.6 Å². The molecule has 6 heteroatoms. The molecule has 1 aromatic carbocycles. The van der Waals surface area contributed by atoms with E-state index in [-0.39, 0.29) is 5.91 Å². The lowest BCUT2D eigenvalue weighted by molar-refractivity contribution is 0.0904. The van der Waals surface area contributed by atoms with Crippen molar-refractivity contribution in [3.8, 4) is 12.3 Å². The van der Waals surface area contributed by atoms with Gasteiger partial charge in [-0.1, -0.05) is 36.8 Å². The number of halogens is 1. The fourth-order valence-corrected chi connectivity index (χ4v) is 3.44. The van der Waals surface area contributed by atoms with Crippen LogP contribution < -0.4 is 10.8 Å². The maximum atomic E-state index is 12.6. The monoisotopic (exact) mass is 317 g/mol. The molecule has 0 aromatic heterocycles. The molecule has 1 fully saturated rings. The lowest BCUT2D eigenvalue weighted by Gasteiger charge is -2.33. The molecule has 0 unspecified atom stereocenters.